The summed E-state index contributed by atoms with van der Waals surface area (Å²) in [6.07, 6.45) is -7.01. The Morgan fingerprint density at radius 1 is 1.00 bits per heavy atom. The highest BCUT2D eigenvalue weighted by molar-refractivity contribution is 6.05. The molecule has 0 saturated heterocycles. The van der Waals surface area contributed by atoms with Gasteiger partial charge in [-0.25, -0.2) is 0 Å². The largest absolute Gasteiger partial charge is 0.460 e. The Bertz CT molecular complexity index is 345. The lowest BCUT2D eigenvalue weighted by molar-refractivity contribution is -0.344. The normalized spacial score (nSPS) is 15.4. The Balaban J connectivity index is 5.40. The third kappa shape index (κ3) is 2.64. The minimum absolute atomic E-state index is 0.430. The van der Waals surface area contributed by atoms with Gasteiger partial charge in [0.15, 0.2) is 0 Å². The maximum atomic E-state index is 12.9. The number of carbonyl (C=O) groups excluding carboxylic acids is 2. The first-order valence-electron chi connectivity index (χ1n) is 4.70. The summed E-state index contributed by atoms with van der Waals surface area (Å²) in [5, 5.41) is 0. The molecule has 0 heterocycles. The number of alkyl halides is 7. The summed E-state index contributed by atoms with van der Waals surface area (Å²) in [7, 11) is 0. The molecule has 9 heteroatoms. The molecule has 0 saturated carbocycles. The zero-order chi connectivity index (χ0) is 14.9. The maximum absolute atomic E-state index is 12.9. The van der Waals surface area contributed by atoms with E-state index in [2.05, 4.69) is 0 Å². The van der Waals surface area contributed by atoms with E-state index in [0.717, 1.165) is 6.92 Å². The van der Waals surface area contributed by atoms with Gasteiger partial charge in [0.25, 0.3) is 0 Å². The van der Waals surface area contributed by atoms with E-state index in [1.807, 2.05) is 0 Å². The number of rotatable bonds is 5. The topological polar surface area (TPSA) is 34.1 Å². The van der Waals surface area contributed by atoms with Crippen LogP contribution in [0, 0.1) is 5.92 Å². The van der Waals surface area contributed by atoms with Gasteiger partial charge < -0.3 is 0 Å². The van der Waals surface area contributed by atoms with Crippen LogP contribution in [0.2, 0.25) is 0 Å². The molecule has 0 aliphatic rings. The highest BCUT2D eigenvalue weighted by Crippen LogP contribution is 2.47. The lowest BCUT2D eigenvalue weighted by Gasteiger charge is -2.28. The van der Waals surface area contributed by atoms with Crippen LogP contribution in [0.4, 0.5) is 30.7 Å². The van der Waals surface area contributed by atoms with E-state index in [-0.39, 0.29) is 0 Å². The average Bonchev–Trinajstić information content (AvgIpc) is 2.23. The molecule has 2 nitrogen and oxygen atoms in total. The monoisotopic (exact) mass is 282 g/mol. The van der Waals surface area contributed by atoms with Crippen molar-refractivity contribution in [3.8, 4) is 0 Å². The van der Waals surface area contributed by atoms with Crippen molar-refractivity contribution in [2.75, 3.05) is 0 Å². The molecule has 0 bridgehead atoms. The number of ketones is 2. The Hall–Kier alpha value is -1.15. The van der Waals surface area contributed by atoms with Gasteiger partial charge in [0.1, 0.15) is 5.78 Å². The molecular weight excluding hydrogens is 273 g/mol. The highest BCUT2D eigenvalue weighted by Gasteiger charge is 2.76. The van der Waals surface area contributed by atoms with E-state index in [9.17, 15) is 40.3 Å². The number of hydrogen-bond donors (Lipinski definition) is 0. The standard InChI is InChI=1S/C9H9F7O2/c1-3-5(17)4(2)6(18)7(10,11)8(12,13)9(14,15)16/h4H,3H2,1-2H3. The molecule has 0 aromatic carbocycles. The van der Waals surface area contributed by atoms with Gasteiger partial charge >= 0.3 is 18.0 Å². The van der Waals surface area contributed by atoms with Gasteiger partial charge in [-0.15, -0.1) is 0 Å². The molecular formula is C9H9F7O2. The Morgan fingerprint density at radius 2 is 1.39 bits per heavy atom. The summed E-state index contributed by atoms with van der Waals surface area (Å²) in [5.74, 6) is -18.6. The SMILES string of the molecule is CCC(=O)C(C)C(=O)C(F)(F)C(F)(F)C(F)(F)F. The molecule has 0 rings (SSSR count). The Morgan fingerprint density at radius 3 is 1.67 bits per heavy atom. The lowest BCUT2D eigenvalue weighted by atomic mass is 9.92. The molecule has 18 heavy (non-hydrogen) atoms. The van der Waals surface area contributed by atoms with Crippen molar-refractivity contribution in [2.24, 2.45) is 5.92 Å². The first kappa shape index (κ1) is 16.9. The summed E-state index contributed by atoms with van der Waals surface area (Å²) >= 11 is 0. The molecule has 0 fully saturated rings. The number of halogens is 7. The van der Waals surface area contributed by atoms with Crippen molar-refractivity contribution in [3.63, 3.8) is 0 Å². The fourth-order valence-corrected chi connectivity index (χ4v) is 1.06. The second kappa shape index (κ2) is 4.85. The van der Waals surface area contributed by atoms with Crippen LogP contribution in [0.5, 0.6) is 0 Å². The highest BCUT2D eigenvalue weighted by atomic mass is 19.4. The molecule has 0 aromatic rings. The molecule has 0 amide bonds. The average molecular weight is 282 g/mol. The van der Waals surface area contributed by atoms with Gasteiger partial charge in [0.05, 0.1) is 5.92 Å². The number of carbonyl (C=O) groups is 2. The van der Waals surface area contributed by atoms with Crippen LogP contribution in [0.25, 0.3) is 0 Å². The van der Waals surface area contributed by atoms with Crippen LogP contribution < -0.4 is 0 Å². The quantitative estimate of drug-likeness (QED) is 0.574. The second-order valence-electron chi connectivity index (χ2n) is 3.55. The molecule has 0 aromatic heterocycles. The van der Waals surface area contributed by atoms with E-state index in [0.29, 0.717) is 6.92 Å². The summed E-state index contributed by atoms with van der Waals surface area (Å²) in [6, 6.07) is 0. The van der Waals surface area contributed by atoms with Crippen LogP contribution in [-0.4, -0.2) is 29.6 Å². The maximum Gasteiger partial charge on any atom is 0.460 e. The van der Waals surface area contributed by atoms with E-state index >= 15 is 0 Å². The van der Waals surface area contributed by atoms with Crippen molar-refractivity contribution in [2.45, 2.75) is 38.3 Å². The Labute approximate surface area is 97.1 Å². The molecule has 0 radical (unpaired) electrons. The smallest absolute Gasteiger partial charge is 0.299 e. The molecule has 1 atom stereocenters. The predicted octanol–water partition coefficient (Wildman–Crippen LogP) is 3.00. The minimum Gasteiger partial charge on any atom is -0.299 e. The first-order valence-corrected chi connectivity index (χ1v) is 4.70. The van der Waals surface area contributed by atoms with Gasteiger partial charge in [-0.1, -0.05) is 6.92 Å². The van der Waals surface area contributed by atoms with Crippen LogP contribution in [0.1, 0.15) is 20.3 Å². The number of Topliss-reactive ketones (excluding diaryl/α,β-unsaturated/α-hetero) is 2. The van der Waals surface area contributed by atoms with Crippen LogP contribution in [-0.2, 0) is 9.59 Å². The van der Waals surface area contributed by atoms with E-state index in [1.165, 1.54) is 0 Å². The van der Waals surface area contributed by atoms with Crippen molar-refractivity contribution in [3.05, 3.63) is 0 Å². The summed E-state index contributed by atoms with van der Waals surface area (Å²) in [6.45, 7) is 1.72. The molecule has 106 valence electrons. The van der Waals surface area contributed by atoms with E-state index in [1.54, 1.807) is 0 Å². The zero-order valence-corrected chi connectivity index (χ0v) is 9.25. The van der Waals surface area contributed by atoms with Crippen LogP contribution in [0.15, 0.2) is 0 Å². The van der Waals surface area contributed by atoms with Gasteiger partial charge in [-0.05, 0) is 6.92 Å². The van der Waals surface area contributed by atoms with E-state index in [4.69, 9.17) is 0 Å². The lowest BCUT2D eigenvalue weighted by Crippen LogP contribution is -2.58. The van der Waals surface area contributed by atoms with Crippen molar-refractivity contribution < 1.29 is 40.3 Å². The fourth-order valence-electron chi connectivity index (χ4n) is 1.06. The molecule has 0 aliphatic carbocycles. The van der Waals surface area contributed by atoms with Gasteiger partial charge in [-0.3, -0.25) is 9.59 Å². The summed E-state index contributed by atoms with van der Waals surface area (Å²) < 4.78 is 86.0. The summed E-state index contributed by atoms with van der Waals surface area (Å²) in [5.41, 5.74) is 0. The molecule has 0 aliphatic heterocycles. The Kier molecular flexibility index (Phi) is 4.54. The predicted molar refractivity (Wildman–Crippen MR) is 45.4 cm³/mol. The van der Waals surface area contributed by atoms with Crippen LogP contribution >= 0.6 is 0 Å². The summed E-state index contributed by atoms with van der Waals surface area (Å²) in [4.78, 5) is 21.8. The van der Waals surface area contributed by atoms with Crippen molar-refractivity contribution in [1.82, 2.24) is 0 Å². The van der Waals surface area contributed by atoms with Crippen LogP contribution in [0.3, 0.4) is 0 Å². The minimum atomic E-state index is -6.58. The third-order valence-corrected chi connectivity index (χ3v) is 2.28. The van der Waals surface area contributed by atoms with Crippen molar-refractivity contribution in [1.29, 1.82) is 0 Å². The molecule has 1 unspecified atom stereocenters. The zero-order valence-electron chi connectivity index (χ0n) is 9.25. The molecule has 0 N–H and O–H groups in total. The number of hydrogen-bond acceptors (Lipinski definition) is 2. The first-order chi connectivity index (χ1) is 7.80. The van der Waals surface area contributed by atoms with Gasteiger partial charge in [0.2, 0.25) is 5.78 Å². The van der Waals surface area contributed by atoms with Gasteiger partial charge in [0, 0.05) is 6.42 Å². The second-order valence-corrected chi connectivity index (χ2v) is 3.55. The van der Waals surface area contributed by atoms with E-state index < -0.39 is 41.9 Å². The third-order valence-electron chi connectivity index (χ3n) is 2.28. The van der Waals surface area contributed by atoms with Crippen molar-refractivity contribution >= 4 is 11.6 Å². The fraction of sp³-hybridized carbons (Fsp3) is 0.778. The van der Waals surface area contributed by atoms with Gasteiger partial charge in [-0.2, -0.15) is 30.7 Å². The molecule has 0 spiro atoms.